The molecule has 1 N–H and O–H groups in total. The van der Waals surface area contributed by atoms with Crippen molar-refractivity contribution >= 4 is 16.8 Å². The maximum atomic E-state index is 12.8. The van der Waals surface area contributed by atoms with Gasteiger partial charge in [0, 0.05) is 24.6 Å². The number of ether oxygens (including phenoxy) is 1. The van der Waals surface area contributed by atoms with Crippen LogP contribution in [0, 0.1) is 0 Å². The van der Waals surface area contributed by atoms with Crippen molar-refractivity contribution in [1.82, 2.24) is 9.88 Å². The summed E-state index contributed by atoms with van der Waals surface area (Å²) in [5, 5.41) is 10.2. The molecule has 2 heterocycles. The number of fused-ring (bicyclic) bond motifs is 1. The van der Waals surface area contributed by atoms with Gasteiger partial charge in [0.25, 0.3) is 5.91 Å². The quantitative estimate of drug-likeness (QED) is 0.942. The largest absolute Gasteiger partial charge is 0.497 e. The van der Waals surface area contributed by atoms with E-state index in [4.69, 9.17) is 4.74 Å². The Hall–Kier alpha value is -2.14. The van der Waals surface area contributed by atoms with Crippen LogP contribution in [0.4, 0.5) is 0 Å². The van der Waals surface area contributed by atoms with E-state index in [2.05, 4.69) is 4.98 Å². The fraction of sp³-hybridized carbons (Fsp3) is 0.444. The van der Waals surface area contributed by atoms with Crippen molar-refractivity contribution in [2.45, 2.75) is 31.7 Å². The average molecular weight is 314 g/mol. The van der Waals surface area contributed by atoms with E-state index in [1.165, 1.54) is 0 Å². The van der Waals surface area contributed by atoms with Gasteiger partial charge in [0.15, 0.2) is 0 Å². The number of piperidine rings is 1. The lowest BCUT2D eigenvalue weighted by atomic mass is 9.99. The summed E-state index contributed by atoms with van der Waals surface area (Å²) in [6, 6.07) is 9.42. The summed E-state index contributed by atoms with van der Waals surface area (Å²) >= 11 is 0. The molecule has 0 saturated carbocycles. The van der Waals surface area contributed by atoms with Crippen molar-refractivity contribution in [3.8, 4) is 5.75 Å². The fourth-order valence-corrected chi connectivity index (χ4v) is 3.21. The molecule has 1 aliphatic rings. The Morgan fingerprint density at radius 1 is 1.35 bits per heavy atom. The number of rotatable bonds is 4. The highest BCUT2D eigenvalue weighted by Gasteiger charge is 2.27. The van der Waals surface area contributed by atoms with Crippen LogP contribution >= 0.6 is 0 Å². The second-order valence-electron chi connectivity index (χ2n) is 5.92. The SMILES string of the molecule is COc1ccc2nc(C(=O)N3CCCCC3CCO)ccc2c1. The highest BCUT2D eigenvalue weighted by atomic mass is 16.5. The van der Waals surface area contributed by atoms with E-state index < -0.39 is 0 Å². The van der Waals surface area contributed by atoms with E-state index in [0.717, 1.165) is 42.5 Å². The summed E-state index contributed by atoms with van der Waals surface area (Å²) in [4.78, 5) is 19.2. The fourth-order valence-electron chi connectivity index (χ4n) is 3.21. The van der Waals surface area contributed by atoms with Crippen LogP contribution in [-0.4, -0.2) is 47.2 Å². The van der Waals surface area contributed by atoms with Crippen LogP contribution in [-0.2, 0) is 0 Å². The number of hydrogen-bond acceptors (Lipinski definition) is 4. The van der Waals surface area contributed by atoms with Gasteiger partial charge in [-0.3, -0.25) is 4.79 Å². The van der Waals surface area contributed by atoms with Gasteiger partial charge in [-0.25, -0.2) is 4.98 Å². The molecule has 1 unspecified atom stereocenters. The van der Waals surface area contributed by atoms with E-state index in [1.807, 2.05) is 29.2 Å². The molecule has 1 atom stereocenters. The third-order valence-corrected chi connectivity index (χ3v) is 4.47. The Kier molecular flexibility index (Phi) is 4.76. The lowest BCUT2D eigenvalue weighted by Gasteiger charge is -2.35. The first-order valence-corrected chi connectivity index (χ1v) is 8.09. The topological polar surface area (TPSA) is 62.7 Å². The van der Waals surface area contributed by atoms with Crippen LogP contribution in [0.2, 0.25) is 0 Å². The minimum atomic E-state index is -0.0409. The van der Waals surface area contributed by atoms with Gasteiger partial charge in [-0.05, 0) is 49.9 Å². The summed E-state index contributed by atoms with van der Waals surface area (Å²) in [6.45, 7) is 0.852. The Bertz CT molecular complexity index is 700. The van der Waals surface area contributed by atoms with Crippen molar-refractivity contribution in [1.29, 1.82) is 0 Å². The number of methoxy groups -OCH3 is 1. The summed E-state index contributed by atoms with van der Waals surface area (Å²) in [5.74, 6) is 0.735. The van der Waals surface area contributed by atoms with Crippen molar-refractivity contribution < 1.29 is 14.6 Å². The second-order valence-corrected chi connectivity index (χ2v) is 5.92. The molecule has 1 amide bonds. The standard InChI is InChI=1S/C18H22N2O3/c1-23-15-6-8-16-13(12-15)5-7-17(19-16)18(22)20-10-3-2-4-14(20)9-11-21/h5-8,12,14,21H,2-4,9-11H2,1H3. The molecule has 1 aliphatic heterocycles. The van der Waals surface area contributed by atoms with E-state index in [9.17, 15) is 9.90 Å². The van der Waals surface area contributed by atoms with Crippen molar-refractivity contribution in [3.05, 3.63) is 36.0 Å². The van der Waals surface area contributed by atoms with Gasteiger partial charge in [-0.2, -0.15) is 0 Å². The molecule has 0 aliphatic carbocycles. The van der Waals surface area contributed by atoms with Crippen LogP contribution in [0.3, 0.4) is 0 Å². The van der Waals surface area contributed by atoms with Crippen molar-refractivity contribution in [2.75, 3.05) is 20.3 Å². The normalized spacial score (nSPS) is 18.2. The summed E-state index contributed by atoms with van der Waals surface area (Å²) < 4.78 is 5.21. The predicted octanol–water partition coefficient (Wildman–Crippen LogP) is 2.62. The molecular weight excluding hydrogens is 292 g/mol. The summed E-state index contributed by atoms with van der Waals surface area (Å²) in [5.41, 5.74) is 1.25. The second kappa shape index (κ2) is 6.96. The van der Waals surface area contributed by atoms with Gasteiger partial charge >= 0.3 is 0 Å². The van der Waals surface area contributed by atoms with E-state index in [-0.39, 0.29) is 18.6 Å². The number of carbonyl (C=O) groups excluding carboxylic acids is 1. The Morgan fingerprint density at radius 2 is 2.22 bits per heavy atom. The van der Waals surface area contributed by atoms with Gasteiger partial charge in [-0.15, -0.1) is 0 Å². The maximum absolute atomic E-state index is 12.8. The molecule has 2 aromatic rings. The van der Waals surface area contributed by atoms with E-state index in [0.29, 0.717) is 12.1 Å². The number of hydrogen-bond donors (Lipinski definition) is 1. The van der Waals surface area contributed by atoms with E-state index in [1.54, 1.807) is 13.2 Å². The average Bonchev–Trinajstić information content (AvgIpc) is 2.61. The van der Waals surface area contributed by atoms with Crippen LogP contribution < -0.4 is 4.74 Å². The van der Waals surface area contributed by atoms with Gasteiger partial charge in [0.05, 0.1) is 12.6 Å². The van der Waals surface area contributed by atoms with Crippen LogP contribution in [0.25, 0.3) is 10.9 Å². The van der Waals surface area contributed by atoms with E-state index >= 15 is 0 Å². The molecule has 0 spiro atoms. The highest BCUT2D eigenvalue weighted by molar-refractivity contribution is 5.95. The zero-order valence-electron chi connectivity index (χ0n) is 13.4. The third-order valence-electron chi connectivity index (χ3n) is 4.47. The molecule has 1 aromatic carbocycles. The highest BCUT2D eigenvalue weighted by Crippen LogP contribution is 2.23. The number of likely N-dealkylation sites (tertiary alicyclic amines) is 1. The van der Waals surface area contributed by atoms with Gasteiger partial charge in [-0.1, -0.05) is 6.07 Å². The molecule has 0 bridgehead atoms. The summed E-state index contributed by atoms with van der Waals surface area (Å²) in [6.07, 6.45) is 3.71. The number of aliphatic hydroxyl groups excluding tert-OH is 1. The van der Waals surface area contributed by atoms with Crippen LogP contribution in [0.1, 0.15) is 36.2 Å². The van der Waals surface area contributed by atoms with Crippen LogP contribution in [0.15, 0.2) is 30.3 Å². The number of aliphatic hydroxyl groups is 1. The number of carbonyl (C=O) groups is 1. The maximum Gasteiger partial charge on any atom is 0.272 e. The zero-order chi connectivity index (χ0) is 16.2. The molecular formula is C18H22N2O3. The number of aromatic nitrogens is 1. The van der Waals surface area contributed by atoms with Gasteiger partial charge in [0.1, 0.15) is 11.4 Å². The number of benzene rings is 1. The van der Waals surface area contributed by atoms with Crippen molar-refractivity contribution in [2.24, 2.45) is 0 Å². The molecule has 0 radical (unpaired) electrons. The molecule has 1 fully saturated rings. The van der Waals surface area contributed by atoms with Crippen LogP contribution in [0.5, 0.6) is 5.75 Å². The third kappa shape index (κ3) is 3.29. The first-order chi connectivity index (χ1) is 11.2. The summed E-state index contributed by atoms with van der Waals surface area (Å²) in [7, 11) is 1.63. The number of amides is 1. The lowest BCUT2D eigenvalue weighted by molar-refractivity contribution is 0.0569. The molecule has 1 saturated heterocycles. The van der Waals surface area contributed by atoms with Gasteiger partial charge in [0.2, 0.25) is 0 Å². The molecule has 23 heavy (non-hydrogen) atoms. The first-order valence-electron chi connectivity index (χ1n) is 8.09. The molecule has 3 rings (SSSR count). The zero-order valence-corrected chi connectivity index (χ0v) is 13.4. The minimum absolute atomic E-state index is 0.0409. The molecule has 1 aromatic heterocycles. The van der Waals surface area contributed by atoms with Gasteiger partial charge < -0.3 is 14.7 Å². The first kappa shape index (κ1) is 15.7. The Labute approximate surface area is 135 Å². The predicted molar refractivity (Wildman–Crippen MR) is 88.7 cm³/mol. The smallest absolute Gasteiger partial charge is 0.272 e. The molecule has 122 valence electrons. The Balaban J connectivity index is 1.87. The Morgan fingerprint density at radius 3 is 3.00 bits per heavy atom. The minimum Gasteiger partial charge on any atom is -0.497 e. The number of pyridine rings is 1. The lowest BCUT2D eigenvalue weighted by Crippen LogP contribution is -2.44. The number of nitrogens with zero attached hydrogens (tertiary/aromatic N) is 2. The van der Waals surface area contributed by atoms with Crippen molar-refractivity contribution in [3.63, 3.8) is 0 Å². The molecule has 5 nitrogen and oxygen atoms in total. The molecule has 5 heteroatoms. The monoisotopic (exact) mass is 314 g/mol.